The zero-order chi connectivity index (χ0) is 12.3. The standard InChI is InChI=1S/C11H17ClN4O/c1-16(6-8-4-2-3-5-13-8)10-9(12)11(17)15-7-14-10/h7-8,13H,2-6H2,1H3,(H,14,15,17). The summed E-state index contributed by atoms with van der Waals surface area (Å²) in [6.07, 6.45) is 5.03. The number of piperidine rings is 1. The summed E-state index contributed by atoms with van der Waals surface area (Å²) in [5.41, 5.74) is -0.292. The molecule has 2 heterocycles. The molecule has 6 heteroatoms. The third-order valence-electron chi connectivity index (χ3n) is 3.05. The molecule has 1 aliphatic rings. The number of aromatic amines is 1. The lowest BCUT2D eigenvalue weighted by atomic mass is 10.0. The van der Waals surface area contributed by atoms with Crippen LogP contribution in [0.15, 0.2) is 11.1 Å². The molecule has 0 aliphatic carbocycles. The Hall–Kier alpha value is -1.07. The molecule has 1 unspecified atom stereocenters. The van der Waals surface area contributed by atoms with Gasteiger partial charge in [-0.15, -0.1) is 0 Å². The van der Waals surface area contributed by atoms with E-state index in [4.69, 9.17) is 11.6 Å². The number of rotatable bonds is 3. The molecule has 2 rings (SSSR count). The van der Waals surface area contributed by atoms with E-state index in [1.165, 1.54) is 19.2 Å². The first-order valence-corrected chi connectivity index (χ1v) is 6.24. The monoisotopic (exact) mass is 256 g/mol. The van der Waals surface area contributed by atoms with E-state index in [-0.39, 0.29) is 10.6 Å². The fraction of sp³-hybridized carbons (Fsp3) is 0.636. The topological polar surface area (TPSA) is 61.0 Å². The van der Waals surface area contributed by atoms with E-state index in [1.807, 2.05) is 11.9 Å². The number of likely N-dealkylation sites (N-methyl/N-ethyl adjacent to an activating group) is 1. The molecule has 1 saturated heterocycles. The molecule has 0 amide bonds. The summed E-state index contributed by atoms with van der Waals surface area (Å²) in [4.78, 5) is 19.9. The van der Waals surface area contributed by atoms with E-state index in [0.29, 0.717) is 11.9 Å². The lowest BCUT2D eigenvalue weighted by molar-refractivity contribution is 0.403. The van der Waals surface area contributed by atoms with Crippen molar-refractivity contribution in [3.8, 4) is 0 Å². The van der Waals surface area contributed by atoms with Crippen molar-refractivity contribution in [2.75, 3.05) is 25.0 Å². The second-order valence-corrected chi connectivity index (χ2v) is 4.77. The normalized spacial score (nSPS) is 20.2. The van der Waals surface area contributed by atoms with E-state index in [1.54, 1.807) is 0 Å². The number of aromatic nitrogens is 2. The highest BCUT2D eigenvalue weighted by atomic mass is 35.5. The predicted molar refractivity (Wildman–Crippen MR) is 68.8 cm³/mol. The van der Waals surface area contributed by atoms with Gasteiger partial charge in [0.2, 0.25) is 0 Å². The van der Waals surface area contributed by atoms with Gasteiger partial charge in [0.05, 0.1) is 6.33 Å². The Bertz CT molecular complexity index is 428. The summed E-state index contributed by atoms with van der Waals surface area (Å²) in [7, 11) is 1.91. The first-order valence-electron chi connectivity index (χ1n) is 5.86. The van der Waals surface area contributed by atoms with E-state index >= 15 is 0 Å². The van der Waals surface area contributed by atoms with Crippen LogP contribution in [-0.4, -0.2) is 36.1 Å². The molecule has 5 nitrogen and oxygen atoms in total. The van der Waals surface area contributed by atoms with Crippen LogP contribution in [0.25, 0.3) is 0 Å². The van der Waals surface area contributed by atoms with Crippen molar-refractivity contribution in [2.45, 2.75) is 25.3 Å². The number of hydrogen-bond donors (Lipinski definition) is 2. The van der Waals surface area contributed by atoms with Gasteiger partial charge in [-0.3, -0.25) is 4.79 Å². The summed E-state index contributed by atoms with van der Waals surface area (Å²) in [5.74, 6) is 0.544. The maximum atomic E-state index is 11.4. The van der Waals surface area contributed by atoms with Gasteiger partial charge in [-0.1, -0.05) is 18.0 Å². The van der Waals surface area contributed by atoms with Crippen molar-refractivity contribution < 1.29 is 0 Å². The van der Waals surface area contributed by atoms with Gasteiger partial charge in [0.25, 0.3) is 5.56 Å². The van der Waals surface area contributed by atoms with Gasteiger partial charge in [-0.2, -0.15) is 0 Å². The zero-order valence-corrected chi connectivity index (χ0v) is 10.6. The highest BCUT2D eigenvalue weighted by Gasteiger charge is 2.17. The second-order valence-electron chi connectivity index (χ2n) is 4.40. The summed E-state index contributed by atoms with van der Waals surface area (Å²) in [5, 5.41) is 3.61. The second kappa shape index (κ2) is 5.51. The molecule has 0 bridgehead atoms. The van der Waals surface area contributed by atoms with Gasteiger partial charge in [-0.25, -0.2) is 4.98 Å². The van der Waals surface area contributed by atoms with Gasteiger partial charge >= 0.3 is 0 Å². The zero-order valence-electron chi connectivity index (χ0n) is 9.87. The Labute approximate surface area is 105 Å². The molecule has 1 atom stereocenters. The van der Waals surface area contributed by atoms with Crippen LogP contribution in [0.1, 0.15) is 19.3 Å². The highest BCUT2D eigenvalue weighted by molar-refractivity contribution is 6.32. The number of halogens is 1. The highest BCUT2D eigenvalue weighted by Crippen LogP contribution is 2.18. The fourth-order valence-corrected chi connectivity index (χ4v) is 2.38. The van der Waals surface area contributed by atoms with Gasteiger partial charge in [0.1, 0.15) is 5.02 Å². The smallest absolute Gasteiger partial charge is 0.271 e. The van der Waals surface area contributed by atoms with Gasteiger partial charge in [0.15, 0.2) is 5.82 Å². The molecule has 94 valence electrons. The molecule has 0 aromatic carbocycles. The molecule has 1 aromatic heterocycles. The van der Waals surface area contributed by atoms with Gasteiger partial charge in [0, 0.05) is 19.6 Å². The maximum Gasteiger partial charge on any atom is 0.271 e. The fourth-order valence-electron chi connectivity index (χ4n) is 2.14. The Morgan fingerprint density at radius 2 is 2.41 bits per heavy atom. The third-order valence-corrected chi connectivity index (χ3v) is 3.39. The van der Waals surface area contributed by atoms with Crippen LogP contribution in [0.2, 0.25) is 5.02 Å². The third kappa shape index (κ3) is 2.98. The largest absolute Gasteiger partial charge is 0.357 e. The molecule has 0 spiro atoms. The Morgan fingerprint density at radius 3 is 3.12 bits per heavy atom. The number of nitrogens with zero attached hydrogens (tertiary/aromatic N) is 2. The summed E-state index contributed by atoms with van der Waals surface area (Å²) < 4.78 is 0. The first kappa shape index (κ1) is 12.4. The van der Waals surface area contributed by atoms with Crippen molar-refractivity contribution in [1.29, 1.82) is 0 Å². The molecule has 2 N–H and O–H groups in total. The van der Waals surface area contributed by atoms with E-state index in [0.717, 1.165) is 19.5 Å². The molecule has 17 heavy (non-hydrogen) atoms. The maximum absolute atomic E-state index is 11.4. The Balaban J connectivity index is 2.06. The molecular weight excluding hydrogens is 240 g/mol. The van der Waals surface area contributed by atoms with Crippen molar-refractivity contribution in [3.05, 3.63) is 21.7 Å². The predicted octanol–water partition coefficient (Wildman–Crippen LogP) is 1.00. The first-order chi connectivity index (χ1) is 8.18. The van der Waals surface area contributed by atoms with E-state index in [9.17, 15) is 4.79 Å². The van der Waals surface area contributed by atoms with Gasteiger partial charge in [-0.05, 0) is 19.4 Å². The Kier molecular flexibility index (Phi) is 4.02. The quantitative estimate of drug-likeness (QED) is 0.847. The van der Waals surface area contributed by atoms with Crippen molar-refractivity contribution in [3.63, 3.8) is 0 Å². The molecule has 1 aliphatic heterocycles. The minimum Gasteiger partial charge on any atom is -0.357 e. The molecule has 0 saturated carbocycles. The lowest BCUT2D eigenvalue weighted by Crippen LogP contribution is -2.43. The summed E-state index contributed by atoms with van der Waals surface area (Å²) in [6.45, 7) is 1.88. The Morgan fingerprint density at radius 1 is 1.59 bits per heavy atom. The SMILES string of the molecule is CN(CC1CCCCN1)c1nc[nH]c(=O)c1Cl. The van der Waals surface area contributed by atoms with Crippen molar-refractivity contribution >= 4 is 17.4 Å². The van der Waals surface area contributed by atoms with Gasteiger partial charge < -0.3 is 15.2 Å². The van der Waals surface area contributed by atoms with Crippen molar-refractivity contribution in [1.82, 2.24) is 15.3 Å². The molecular formula is C11H17ClN4O. The number of H-pyrrole nitrogens is 1. The van der Waals surface area contributed by atoms with Crippen LogP contribution in [-0.2, 0) is 0 Å². The van der Waals surface area contributed by atoms with E-state index in [2.05, 4.69) is 15.3 Å². The van der Waals surface area contributed by atoms with Crippen LogP contribution < -0.4 is 15.8 Å². The minimum absolute atomic E-state index is 0.158. The summed E-state index contributed by atoms with van der Waals surface area (Å²) in [6, 6.07) is 0.450. The van der Waals surface area contributed by atoms with Crippen LogP contribution in [0, 0.1) is 0 Å². The number of nitrogens with one attached hydrogen (secondary N) is 2. The number of anilines is 1. The molecule has 1 aromatic rings. The van der Waals surface area contributed by atoms with Crippen LogP contribution in [0.3, 0.4) is 0 Å². The minimum atomic E-state index is -0.292. The van der Waals surface area contributed by atoms with E-state index < -0.39 is 0 Å². The van der Waals surface area contributed by atoms with Crippen molar-refractivity contribution in [2.24, 2.45) is 0 Å². The molecule has 0 radical (unpaired) electrons. The lowest BCUT2D eigenvalue weighted by Gasteiger charge is -2.28. The summed E-state index contributed by atoms with van der Waals surface area (Å²) >= 11 is 5.94. The molecule has 1 fully saturated rings. The van der Waals surface area contributed by atoms with Crippen LogP contribution >= 0.6 is 11.6 Å². The van der Waals surface area contributed by atoms with Crippen LogP contribution in [0.4, 0.5) is 5.82 Å². The average molecular weight is 257 g/mol. The van der Waals surface area contributed by atoms with Crippen LogP contribution in [0.5, 0.6) is 0 Å². The number of hydrogen-bond acceptors (Lipinski definition) is 4. The average Bonchev–Trinajstić information content (AvgIpc) is 2.34.